The highest BCUT2D eigenvalue weighted by atomic mass is 32.2. The minimum Gasteiger partial charge on any atom is -0.491 e. The van der Waals surface area contributed by atoms with Crippen LogP contribution in [0.1, 0.15) is 45.1 Å². The lowest BCUT2D eigenvalue weighted by molar-refractivity contribution is 0.240. The highest BCUT2D eigenvalue weighted by molar-refractivity contribution is 7.91. The fourth-order valence-electron chi connectivity index (χ4n) is 5.78. The van der Waals surface area contributed by atoms with E-state index in [1.165, 1.54) is 16.8 Å². The van der Waals surface area contributed by atoms with Gasteiger partial charge in [-0.05, 0) is 62.3 Å². The summed E-state index contributed by atoms with van der Waals surface area (Å²) in [6, 6.07) is 6.88. The van der Waals surface area contributed by atoms with Gasteiger partial charge < -0.3 is 15.8 Å². The number of nitrogens with two attached hydrogens (primary N) is 1. The average Bonchev–Trinajstić information content (AvgIpc) is 3.24. The summed E-state index contributed by atoms with van der Waals surface area (Å²) in [7, 11) is -3.28. The molecule has 1 aliphatic rings. The third-order valence-corrected chi connectivity index (χ3v) is 9.06. The van der Waals surface area contributed by atoms with Gasteiger partial charge in [-0.25, -0.2) is 22.2 Å². The van der Waals surface area contributed by atoms with Crippen LogP contribution in [0.2, 0.25) is 0 Å². The van der Waals surface area contributed by atoms with Gasteiger partial charge >= 0.3 is 0 Å². The SMILES string of the molecule is CC(C)Oc1cc(F)c(-c2ccc3cnc(Nc4cnccc4[C@H]4CC(N)[C@@H](S(C)(=O)=O)[C@@H](C)C4)n3n2)c(F)c1. The first kappa shape index (κ1) is 27.9. The number of hydrogen-bond donors (Lipinski definition) is 2. The van der Waals surface area contributed by atoms with Crippen molar-refractivity contribution >= 4 is 27.0 Å². The number of aromatic nitrogens is 4. The lowest BCUT2D eigenvalue weighted by Crippen LogP contribution is -2.48. The van der Waals surface area contributed by atoms with Crippen molar-refractivity contribution in [3.8, 4) is 17.0 Å². The molecule has 4 atom stereocenters. The molecule has 1 fully saturated rings. The minimum atomic E-state index is -3.28. The zero-order chi connectivity index (χ0) is 28.8. The van der Waals surface area contributed by atoms with Gasteiger partial charge in [0.05, 0.1) is 46.2 Å². The maximum Gasteiger partial charge on any atom is 0.229 e. The van der Waals surface area contributed by atoms with Crippen LogP contribution in [0.25, 0.3) is 16.8 Å². The van der Waals surface area contributed by atoms with Gasteiger partial charge in [0, 0.05) is 30.6 Å². The van der Waals surface area contributed by atoms with Crippen LogP contribution < -0.4 is 15.8 Å². The minimum absolute atomic E-state index is 0.00184. The number of pyridine rings is 1. The van der Waals surface area contributed by atoms with E-state index >= 15 is 0 Å². The molecular weight excluding hydrogens is 538 g/mol. The maximum atomic E-state index is 15.0. The van der Waals surface area contributed by atoms with Crippen molar-refractivity contribution in [2.24, 2.45) is 11.7 Å². The summed E-state index contributed by atoms with van der Waals surface area (Å²) < 4.78 is 61.5. The van der Waals surface area contributed by atoms with Gasteiger partial charge in [0.2, 0.25) is 5.95 Å². The summed E-state index contributed by atoms with van der Waals surface area (Å²) in [5, 5.41) is 7.15. The Morgan fingerprint density at radius 3 is 2.50 bits per heavy atom. The number of benzene rings is 1. The molecule has 0 aliphatic heterocycles. The van der Waals surface area contributed by atoms with Gasteiger partial charge in [0.25, 0.3) is 0 Å². The molecule has 3 heterocycles. The van der Waals surface area contributed by atoms with Crippen LogP contribution in [0.3, 0.4) is 0 Å². The molecular formula is C28H32F2N6O3S. The number of rotatable bonds is 7. The molecule has 0 spiro atoms. The quantitative estimate of drug-likeness (QED) is 0.323. The molecule has 5 rings (SSSR count). The molecule has 1 aliphatic carbocycles. The molecule has 3 aromatic heterocycles. The Kier molecular flexibility index (Phi) is 7.49. The number of anilines is 2. The molecule has 0 radical (unpaired) electrons. The Morgan fingerprint density at radius 2 is 1.85 bits per heavy atom. The largest absolute Gasteiger partial charge is 0.491 e. The molecule has 4 aromatic rings. The Hall–Kier alpha value is -3.64. The van der Waals surface area contributed by atoms with E-state index in [2.05, 4.69) is 20.4 Å². The van der Waals surface area contributed by atoms with Crippen LogP contribution in [0, 0.1) is 17.6 Å². The molecule has 0 saturated heterocycles. The van der Waals surface area contributed by atoms with Gasteiger partial charge in [0.15, 0.2) is 9.84 Å². The standard InChI is InChI=1S/C28H32F2N6O3S/c1-15(2)39-19-11-21(29)26(22(30)12-19)24-6-5-18-13-33-28(36(18)35-24)34-25-14-32-8-7-20(25)17-9-16(3)27(23(31)10-17)40(4,37)38/h5-8,11-17,23,27H,9-10,31H2,1-4H3,(H,33,34)/t16-,17+,23?,27-/m0/s1. The third kappa shape index (κ3) is 5.50. The van der Waals surface area contributed by atoms with E-state index in [-0.39, 0.29) is 34.9 Å². The van der Waals surface area contributed by atoms with Gasteiger partial charge in [-0.2, -0.15) is 9.61 Å². The van der Waals surface area contributed by atoms with Crippen molar-refractivity contribution in [1.29, 1.82) is 0 Å². The van der Waals surface area contributed by atoms with E-state index in [1.54, 1.807) is 38.5 Å². The highest BCUT2D eigenvalue weighted by Gasteiger charge is 2.40. The van der Waals surface area contributed by atoms with Crippen LogP contribution in [0.15, 0.2) is 48.9 Å². The molecule has 1 aromatic carbocycles. The lowest BCUT2D eigenvalue weighted by atomic mass is 9.76. The van der Waals surface area contributed by atoms with Crippen molar-refractivity contribution in [3.63, 3.8) is 0 Å². The van der Waals surface area contributed by atoms with Crippen LogP contribution >= 0.6 is 0 Å². The highest BCUT2D eigenvalue weighted by Crippen LogP contribution is 2.41. The van der Waals surface area contributed by atoms with Crippen molar-refractivity contribution < 1.29 is 21.9 Å². The normalized spacial score (nSPS) is 21.6. The first-order chi connectivity index (χ1) is 18.9. The average molecular weight is 571 g/mol. The number of imidazole rings is 1. The van der Waals surface area contributed by atoms with Crippen LogP contribution in [0.4, 0.5) is 20.4 Å². The molecule has 9 nitrogen and oxygen atoms in total. The molecule has 12 heteroatoms. The van der Waals surface area contributed by atoms with Crippen molar-refractivity contribution in [2.75, 3.05) is 11.6 Å². The van der Waals surface area contributed by atoms with Gasteiger partial charge in [-0.15, -0.1) is 0 Å². The van der Waals surface area contributed by atoms with Crippen molar-refractivity contribution in [2.45, 2.75) is 56.9 Å². The van der Waals surface area contributed by atoms with E-state index in [0.29, 0.717) is 30.0 Å². The monoisotopic (exact) mass is 570 g/mol. The van der Waals surface area contributed by atoms with E-state index < -0.39 is 32.8 Å². The summed E-state index contributed by atoms with van der Waals surface area (Å²) in [6.07, 6.45) is 7.08. The Bertz CT molecular complexity index is 1620. The number of halogens is 2. The second-order valence-electron chi connectivity index (χ2n) is 10.8. The van der Waals surface area contributed by atoms with Crippen LogP contribution in [-0.2, 0) is 9.84 Å². The molecule has 1 saturated carbocycles. The molecule has 40 heavy (non-hydrogen) atoms. The molecule has 0 amide bonds. The Balaban J connectivity index is 1.47. The summed E-state index contributed by atoms with van der Waals surface area (Å²) in [5.41, 5.74) is 8.38. The molecule has 1 unspecified atom stereocenters. The number of fused-ring (bicyclic) bond motifs is 1. The number of ether oxygens (including phenoxy) is 1. The second-order valence-corrected chi connectivity index (χ2v) is 13.0. The molecule has 0 bridgehead atoms. The first-order valence-corrected chi connectivity index (χ1v) is 15.0. The summed E-state index contributed by atoms with van der Waals surface area (Å²) in [5.74, 6) is -1.28. The van der Waals surface area contributed by atoms with E-state index in [0.717, 1.165) is 17.7 Å². The number of sulfone groups is 1. The van der Waals surface area contributed by atoms with Gasteiger partial charge in [0.1, 0.15) is 17.4 Å². The molecule has 212 valence electrons. The first-order valence-electron chi connectivity index (χ1n) is 13.1. The topological polar surface area (TPSA) is 124 Å². The second kappa shape index (κ2) is 10.7. The lowest BCUT2D eigenvalue weighted by Gasteiger charge is -2.38. The summed E-state index contributed by atoms with van der Waals surface area (Å²) in [4.78, 5) is 8.68. The van der Waals surface area contributed by atoms with Crippen molar-refractivity contribution in [3.05, 3.63) is 66.1 Å². The van der Waals surface area contributed by atoms with E-state index in [1.807, 2.05) is 13.0 Å². The fourth-order valence-corrected chi connectivity index (χ4v) is 7.48. The third-order valence-electron chi connectivity index (χ3n) is 7.26. The van der Waals surface area contributed by atoms with Crippen LogP contribution in [-0.4, -0.2) is 51.7 Å². The maximum absolute atomic E-state index is 15.0. The Labute approximate surface area is 231 Å². The predicted molar refractivity (Wildman–Crippen MR) is 149 cm³/mol. The Morgan fingerprint density at radius 1 is 1.12 bits per heavy atom. The molecule has 3 N–H and O–H groups in total. The van der Waals surface area contributed by atoms with E-state index in [9.17, 15) is 17.2 Å². The van der Waals surface area contributed by atoms with Crippen molar-refractivity contribution in [1.82, 2.24) is 19.6 Å². The van der Waals surface area contributed by atoms with Gasteiger partial charge in [-0.1, -0.05) is 6.92 Å². The smallest absolute Gasteiger partial charge is 0.229 e. The number of hydrogen-bond acceptors (Lipinski definition) is 8. The van der Waals surface area contributed by atoms with E-state index in [4.69, 9.17) is 10.5 Å². The van der Waals surface area contributed by atoms with Gasteiger partial charge in [-0.3, -0.25) is 4.98 Å². The van der Waals surface area contributed by atoms with Crippen LogP contribution in [0.5, 0.6) is 5.75 Å². The zero-order valence-corrected chi connectivity index (χ0v) is 23.5. The number of nitrogens with one attached hydrogen (secondary N) is 1. The summed E-state index contributed by atoms with van der Waals surface area (Å²) >= 11 is 0. The zero-order valence-electron chi connectivity index (χ0n) is 22.7. The summed E-state index contributed by atoms with van der Waals surface area (Å²) in [6.45, 7) is 5.46. The fraction of sp³-hybridized carbons (Fsp3) is 0.393. The number of nitrogens with zero attached hydrogens (tertiary/aromatic N) is 4. The predicted octanol–water partition coefficient (Wildman–Crippen LogP) is 4.85.